The van der Waals surface area contributed by atoms with Crippen LogP contribution in [0.25, 0.3) is 0 Å². The van der Waals surface area contributed by atoms with Crippen LogP contribution in [-0.4, -0.2) is 19.8 Å². The lowest BCUT2D eigenvalue weighted by atomic mass is 9.41. The van der Waals surface area contributed by atoms with Crippen LogP contribution in [0.15, 0.2) is 24.3 Å². The van der Waals surface area contributed by atoms with Gasteiger partial charge < -0.3 is 4.74 Å². The van der Waals surface area contributed by atoms with Gasteiger partial charge in [-0.25, -0.2) is 4.79 Å². The fourth-order valence-electron chi connectivity index (χ4n) is 3.23. The normalized spacial score (nSPS) is 20.4. The molecule has 1 aromatic carbocycles. The first kappa shape index (κ1) is 14.2. The second-order valence-electron chi connectivity index (χ2n) is 6.95. The number of benzene rings is 1. The molecule has 0 N–H and O–H groups in total. The molecular formula is C16H23BO2. The van der Waals surface area contributed by atoms with Gasteiger partial charge in [0.05, 0.1) is 12.7 Å². The van der Waals surface area contributed by atoms with Crippen molar-refractivity contribution in [3.63, 3.8) is 0 Å². The molecule has 0 aromatic heterocycles. The highest BCUT2D eigenvalue weighted by molar-refractivity contribution is 6.75. The summed E-state index contributed by atoms with van der Waals surface area (Å²) in [5.41, 5.74) is 2.46. The van der Waals surface area contributed by atoms with E-state index >= 15 is 0 Å². The molecule has 0 atom stereocenters. The smallest absolute Gasteiger partial charge is 0.337 e. The molecule has 0 radical (unpaired) electrons. The fourth-order valence-corrected chi connectivity index (χ4v) is 3.23. The monoisotopic (exact) mass is 258 g/mol. The molecule has 0 unspecified atom stereocenters. The SMILES string of the molecule is COC(=O)c1ccccc1B1CC(C)(C)C(C)(C)C1. The third-order valence-electron chi connectivity index (χ3n) is 5.15. The van der Waals surface area contributed by atoms with E-state index in [0.717, 1.165) is 23.7 Å². The van der Waals surface area contributed by atoms with Gasteiger partial charge in [-0.05, 0) is 16.9 Å². The maximum atomic E-state index is 11.9. The number of carbonyl (C=O) groups is 1. The molecule has 3 heteroatoms. The standard InChI is InChI=1S/C16H23BO2/c1-15(2)10-17(11-16(15,3)4)13-9-7-6-8-12(13)14(18)19-5/h6-9H,10-11H2,1-5H3. The minimum absolute atomic E-state index is 0.224. The minimum atomic E-state index is -0.224. The molecule has 0 saturated carbocycles. The highest BCUT2D eigenvalue weighted by atomic mass is 16.5. The van der Waals surface area contributed by atoms with Gasteiger partial charge in [-0.15, -0.1) is 0 Å². The second kappa shape index (κ2) is 4.70. The lowest BCUT2D eigenvalue weighted by Crippen LogP contribution is -2.33. The van der Waals surface area contributed by atoms with Crippen LogP contribution in [0, 0.1) is 10.8 Å². The van der Waals surface area contributed by atoms with Gasteiger partial charge in [0, 0.05) is 0 Å². The molecule has 19 heavy (non-hydrogen) atoms. The number of carbonyl (C=O) groups excluding carboxylic acids is 1. The lowest BCUT2D eigenvalue weighted by Gasteiger charge is -2.35. The van der Waals surface area contributed by atoms with E-state index < -0.39 is 0 Å². The maximum Gasteiger partial charge on any atom is 0.337 e. The number of ether oxygens (including phenoxy) is 1. The van der Waals surface area contributed by atoms with E-state index in [2.05, 4.69) is 33.8 Å². The van der Waals surface area contributed by atoms with Crippen molar-refractivity contribution in [1.29, 1.82) is 0 Å². The Morgan fingerprint density at radius 3 is 2.16 bits per heavy atom. The van der Waals surface area contributed by atoms with Crippen molar-refractivity contribution >= 4 is 18.1 Å². The number of rotatable bonds is 2. The summed E-state index contributed by atoms with van der Waals surface area (Å²) in [6.45, 7) is 9.75. The highest BCUT2D eigenvalue weighted by Gasteiger charge is 2.48. The summed E-state index contributed by atoms with van der Waals surface area (Å²) in [5.74, 6) is -0.224. The third-order valence-corrected chi connectivity index (χ3v) is 5.15. The average Bonchev–Trinajstić information content (AvgIpc) is 2.57. The van der Waals surface area contributed by atoms with Crippen molar-refractivity contribution in [3.05, 3.63) is 29.8 Å². The predicted octanol–water partition coefficient (Wildman–Crippen LogP) is 3.24. The molecule has 2 nitrogen and oxygen atoms in total. The Morgan fingerprint density at radius 2 is 1.63 bits per heavy atom. The maximum absolute atomic E-state index is 11.9. The Morgan fingerprint density at radius 1 is 1.11 bits per heavy atom. The lowest BCUT2D eigenvalue weighted by molar-refractivity contribution is 0.0602. The second-order valence-corrected chi connectivity index (χ2v) is 6.95. The Balaban J connectivity index is 2.37. The summed E-state index contributed by atoms with van der Waals surface area (Å²) in [6, 6.07) is 7.87. The van der Waals surface area contributed by atoms with Crippen LogP contribution in [0.1, 0.15) is 38.1 Å². The van der Waals surface area contributed by atoms with Gasteiger partial charge >= 0.3 is 5.97 Å². The van der Waals surface area contributed by atoms with Gasteiger partial charge in [-0.3, -0.25) is 0 Å². The van der Waals surface area contributed by atoms with Crippen molar-refractivity contribution in [3.8, 4) is 0 Å². The van der Waals surface area contributed by atoms with Gasteiger partial charge in [-0.1, -0.05) is 64.0 Å². The van der Waals surface area contributed by atoms with E-state index in [1.165, 1.54) is 7.11 Å². The quantitative estimate of drug-likeness (QED) is 0.601. The topological polar surface area (TPSA) is 26.3 Å². The first-order chi connectivity index (χ1) is 8.78. The zero-order valence-corrected chi connectivity index (χ0v) is 12.6. The zero-order valence-electron chi connectivity index (χ0n) is 12.6. The largest absolute Gasteiger partial charge is 0.465 e. The van der Waals surface area contributed by atoms with E-state index in [4.69, 9.17) is 4.74 Å². The fraction of sp³-hybridized carbons (Fsp3) is 0.562. The van der Waals surface area contributed by atoms with Crippen molar-refractivity contribution < 1.29 is 9.53 Å². The molecule has 0 amide bonds. The molecular weight excluding hydrogens is 235 g/mol. The first-order valence-corrected chi connectivity index (χ1v) is 6.96. The predicted molar refractivity (Wildman–Crippen MR) is 80.3 cm³/mol. The summed E-state index contributed by atoms with van der Waals surface area (Å²) < 4.78 is 4.90. The Labute approximate surface area is 116 Å². The van der Waals surface area contributed by atoms with E-state index in [0.29, 0.717) is 17.5 Å². The van der Waals surface area contributed by atoms with Crippen molar-refractivity contribution in [2.45, 2.75) is 40.3 Å². The van der Waals surface area contributed by atoms with E-state index in [1.807, 2.05) is 18.2 Å². The minimum Gasteiger partial charge on any atom is -0.465 e. The molecule has 0 bridgehead atoms. The first-order valence-electron chi connectivity index (χ1n) is 6.96. The Hall–Kier alpha value is -1.25. The van der Waals surface area contributed by atoms with Crippen LogP contribution in [0.3, 0.4) is 0 Å². The van der Waals surface area contributed by atoms with Crippen LogP contribution in [0.4, 0.5) is 0 Å². The average molecular weight is 258 g/mol. The van der Waals surface area contributed by atoms with Gasteiger partial charge in [0.1, 0.15) is 0 Å². The van der Waals surface area contributed by atoms with E-state index in [9.17, 15) is 4.79 Å². The molecule has 0 aliphatic carbocycles. The Bertz CT molecular complexity index is 475. The van der Waals surface area contributed by atoms with Gasteiger partial charge in [0.2, 0.25) is 0 Å². The van der Waals surface area contributed by atoms with Crippen molar-refractivity contribution in [2.75, 3.05) is 7.11 Å². The van der Waals surface area contributed by atoms with E-state index in [-0.39, 0.29) is 5.97 Å². The van der Waals surface area contributed by atoms with E-state index in [1.54, 1.807) is 0 Å². The van der Waals surface area contributed by atoms with Gasteiger partial charge in [0.25, 0.3) is 0 Å². The summed E-state index contributed by atoms with van der Waals surface area (Å²) in [7, 11) is 1.45. The Kier molecular flexibility index (Phi) is 3.50. The molecule has 1 aliphatic rings. The molecule has 102 valence electrons. The van der Waals surface area contributed by atoms with Crippen molar-refractivity contribution in [2.24, 2.45) is 10.8 Å². The summed E-state index contributed by atoms with van der Waals surface area (Å²) in [6.07, 6.45) is 2.24. The summed E-state index contributed by atoms with van der Waals surface area (Å²) >= 11 is 0. The van der Waals surface area contributed by atoms with Gasteiger partial charge in [-0.2, -0.15) is 0 Å². The van der Waals surface area contributed by atoms with Crippen molar-refractivity contribution in [1.82, 2.24) is 0 Å². The molecule has 1 aliphatic heterocycles. The van der Waals surface area contributed by atoms with Gasteiger partial charge in [0.15, 0.2) is 6.71 Å². The van der Waals surface area contributed by atoms with Crippen LogP contribution in [0.2, 0.25) is 12.6 Å². The molecule has 1 saturated heterocycles. The third kappa shape index (κ3) is 2.43. The summed E-state index contributed by atoms with van der Waals surface area (Å²) in [5, 5.41) is 0. The molecule has 1 aromatic rings. The summed E-state index contributed by atoms with van der Waals surface area (Å²) in [4.78, 5) is 11.9. The number of esters is 1. The molecule has 0 spiro atoms. The van der Waals surface area contributed by atoms with Crippen LogP contribution < -0.4 is 5.46 Å². The number of hydrogen-bond donors (Lipinski definition) is 0. The van der Waals surface area contributed by atoms with Crippen LogP contribution in [-0.2, 0) is 4.74 Å². The van der Waals surface area contributed by atoms with Crippen LogP contribution in [0.5, 0.6) is 0 Å². The number of methoxy groups -OCH3 is 1. The molecule has 1 heterocycles. The molecule has 2 rings (SSSR count). The van der Waals surface area contributed by atoms with Crippen LogP contribution >= 0.6 is 0 Å². The number of hydrogen-bond acceptors (Lipinski definition) is 2. The molecule has 1 fully saturated rings. The zero-order chi connectivity index (χ0) is 14.3. The highest BCUT2D eigenvalue weighted by Crippen LogP contribution is 2.52.